The van der Waals surface area contributed by atoms with Crippen LogP contribution in [0.25, 0.3) is 11.8 Å². The van der Waals surface area contributed by atoms with E-state index >= 15 is 0 Å². The lowest BCUT2D eigenvalue weighted by molar-refractivity contribution is -0.384. The number of benzene rings is 2. The fourth-order valence-corrected chi connectivity index (χ4v) is 4.19. The summed E-state index contributed by atoms with van der Waals surface area (Å²) in [5.74, 6) is -1.44. The number of nitro groups is 1. The summed E-state index contributed by atoms with van der Waals surface area (Å²) in [7, 11) is 1.46. The van der Waals surface area contributed by atoms with Crippen LogP contribution in [0.5, 0.6) is 0 Å². The van der Waals surface area contributed by atoms with E-state index in [9.17, 15) is 24.5 Å². The molecule has 0 radical (unpaired) electrons. The predicted molar refractivity (Wildman–Crippen MR) is 133 cm³/mol. The number of carbonyl (C=O) groups excluding carboxylic acids is 3. The Labute approximate surface area is 207 Å². The lowest BCUT2D eigenvalue weighted by atomic mass is 10.1. The van der Waals surface area contributed by atoms with Crippen molar-refractivity contribution in [2.75, 3.05) is 25.2 Å². The number of amides is 4. The Kier molecular flexibility index (Phi) is 6.80. The Morgan fingerprint density at radius 1 is 0.944 bits per heavy atom. The highest BCUT2D eigenvalue weighted by Crippen LogP contribution is 2.29. The van der Waals surface area contributed by atoms with Gasteiger partial charge in [-0.15, -0.1) is 0 Å². The Morgan fingerprint density at radius 3 is 2.31 bits per heavy atom. The third-order valence-corrected chi connectivity index (χ3v) is 5.93. The topological polar surface area (TPSA) is 115 Å². The number of anilines is 1. The first-order valence-electron chi connectivity index (χ1n) is 11.1. The van der Waals surface area contributed by atoms with Crippen molar-refractivity contribution in [1.29, 1.82) is 0 Å². The first kappa shape index (κ1) is 24.6. The number of aryl methyl sites for hydroxylation is 1. The smallest absolute Gasteiger partial charge is 0.338 e. The summed E-state index contributed by atoms with van der Waals surface area (Å²) in [6, 6.07) is 15.6. The van der Waals surface area contributed by atoms with E-state index in [0.717, 1.165) is 15.5 Å². The monoisotopic (exact) mass is 488 g/mol. The van der Waals surface area contributed by atoms with Crippen molar-refractivity contribution in [2.45, 2.75) is 13.8 Å². The number of imide groups is 2. The number of para-hydroxylation sites is 1. The molecule has 4 rings (SSSR count). The van der Waals surface area contributed by atoms with Gasteiger partial charge in [0.15, 0.2) is 0 Å². The minimum atomic E-state index is -0.743. The number of rotatable bonds is 7. The van der Waals surface area contributed by atoms with E-state index in [1.807, 2.05) is 6.92 Å². The van der Waals surface area contributed by atoms with Crippen LogP contribution >= 0.6 is 0 Å². The third kappa shape index (κ3) is 4.41. The molecule has 1 aromatic heterocycles. The molecule has 0 aliphatic carbocycles. The minimum absolute atomic E-state index is 0.0190. The summed E-state index contributed by atoms with van der Waals surface area (Å²) in [6.45, 7) is 3.71. The normalized spacial score (nSPS) is 15.2. The summed E-state index contributed by atoms with van der Waals surface area (Å²) in [4.78, 5) is 52.6. The molecule has 2 heterocycles. The van der Waals surface area contributed by atoms with Gasteiger partial charge in [-0.05, 0) is 49.8 Å². The van der Waals surface area contributed by atoms with Gasteiger partial charge in [-0.2, -0.15) is 0 Å². The van der Waals surface area contributed by atoms with E-state index < -0.39 is 22.8 Å². The van der Waals surface area contributed by atoms with Crippen molar-refractivity contribution >= 4 is 35.3 Å². The molecule has 0 bridgehead atoms. The number of carbonyl (C=O) groups is 3. The van der Waals surface area contributed by atoms with Gasteiger partial charge in [0.2, 0.25) is 0 Å². The number of barbiturate groups is 1. The zero-order valence-electron chi connectivity index (χ0n) is 20.0. The minimum Gasteiger partial charge on any atom is -0.383 e. The predicted octanol–water partition coefficient (Wildman–Crippen LogP) is 4.03. The van der Waals surface area contributed by atoms with Gasteiger partial charge in [-0.25, -0.2) is 9.69 Å². The molecule has 0 N–H and O–H groups in total. The molecule has 1 aliphatic heterocycles. The Bertz CT molecular complexity index is 1390. The van der Waals surface area contributed by atoms with Gasteiger partial charge in [-0.3, -0.25) is 24.6 Å². The van der Waals surface area contributed by atoms with Gasteiger partial charge in [-0.1, -0.05) is 24.3 Å². The Morgan fingerprint density at radius 2 is 1.64 bits per heavy atom. The Hall–Kier alpha value is -4.57. The number of hydrogen-bond acceptors (Lipinski definition) is 6. The van der Waals surface area contributed by atoms with E-state index in [2.05, 4.69) is 0 Å². The number of ether oxygens (including phenoxy) is 1. The van der Waals surface area contributed by atoms with E-state index in [0.29, 0.717) is 22.6 Å². The molecule has 4 amide bonds. The zero-order chi connectivity index (χ0) is 26.0. The van der Waals surface area contributed by atoms with Crippen LogP contribution in [0.2, 0.25) is 0 Å². The van der Waals surface area contributed by atoms with E-state index in [-0.39, 0.29) is 24.4 Å². The second kappa shape index (κ2) is 9.96. The summed E-state index contributed by atoms with van der Waals surface area (Å²) in [5.41, 5.74) is 2.70. The van der Waals surface area contributed by atoms with Crippen LogP contribution in [-0.2, 0) is 14.3 Å². The van der Waals surface area contributed by atoms with Crippen LogP contribution in [0.1, 0.15) is 17.0 Å². The van der Waals surface area contributed by atoms with Crippen molar-refractivity contribution in [2.24, 2.45) is 0 Å². The fraction of sp³-hybridized carbons (Fsp3) is 0.192. The summed E-state index contributed by atoms with van der Waals surface area (Å²) in [5, 5.41) is 11.2. The SMILES string of the molecule is COCCN1C(=O)/C(=C/c2cc(C)n(-c3cccc([N+](=O)[O-])c3)c2C)C(=O)N(c2ccccc2)C1=O. The van der Waals surface area contributed by atoms with Crippen molar-refractivity contribution in [3.8, 4) is 5.69 Å². The molecule has 10 heteroatoms. The van der Waals surface area contributed by atoms with Gasteiger partial charge in [0, 0.05) is 30.6 Å². The van der Waals surface area contributed by atoms with Crippen molar-refractivity contribution in [3.05, 3.63) is 93.3 Å². The summed E-state index contributed by atoms with van der Waals surface area (Å²) >= 11 is 0. The number of non-ortho nitro benzene ring substituents is 1. The first-order valence-corrected chi connectivity index (χ1v) is 11.1. The van der Waals surface area contributed by atoms with Crippen LogP contribution in [0.3, 0.4) is 0 Å². The maximum Gasteiger partial charge on any atom is 0.338 e. The molecule has 1 aliphatic rings. The molecular weight excluding hydrogens is 464 g/mol. The van der Waals surface area contributed by atoms with Crippen LogP contribution < -0.4 is 4.90 Å². The molecule has 0 spiro atoms. The molecule has 36 heavy (non-hydrogen) atoms. The van der Waals surface area contributed by atoms with Gasteiger partial charge < -0.3 is 9.30 Å². The third-order valence-electron chi connectivity index (χ3n) is 5.93. The molecule has 2 aromatic carbocycles. The highest BCUT2D eigenvalue weighted by atomic mass is 16.6. The fourth-order valence-electron chi connectivity index (χ4n) is 4.19. The molecule has 0 saturated carbocycles. The van der Waals surface area contributed by atoms with E-state index in [1.54, 1.807) is 60.0 Å². The zero-order valence-corrected chi connectivity index (χ0v) is 20.0. The van der Waals surface area contributed by atoms with Crippen molar-refractivity contribution in [3.63, 3.8) is 0 Å². The molecule has 1 saturated heterocycles. The Balaban J connectivity index is 1.81. The number of aromatic nitrogens is 1. The van der Waals surface area contributed by atoms with E-state index in [1.165, 1.54) is 25.3 Å². The molecule has 0 unspecified atom stereocenters. The maximum absolute atomic E-state index is 13.4. The van der Waals surface area contributed by atoms with E-state index in [4.69, 9.17) is 4.74 Å². The van der Waals surface area contributed by atoms with Crippen molar-refractivity contribution in [1.82, 2.24) is 9.47 Å². The number of urea groups is 1. The number of nitro benzene ring substituents is 1. The van der Waals surface area contributed by atoms with Crippen LogP contribution in [0, 0.1) is 24.0 Å². The first-order chi connectivity index (χ1) is 17.2. The highest BCUT2D eigenvalue weighted by molar-refractivity contribution is 6.39. The van der Waals surface area contributed by atoms with Crippen LogP contribution in [0.4, 0.5) is 16.2 Å². The van der Waals surface area contributed by atoms with Gasteiger partial charge >= 0.3 is 6.03 Å². The number of nitrogens with zero attached hydrogens (tertiary/aromatic N) is 4. The lowest BCUT2D eigenvalue weighted by Gasteiger charge is -2.33. The lowest BCUT2D eigenvalue weighted by Crippen LogP contribution is -2.57. The molecule has 10 nitrogen and oxygen atoms in total. The maximum atomic E-state index is 13.4. The molecule has 1 fully saturated rings. The second-order valence-electron chi connectivity index (χ2n) is 8.21. The van der Waals surface area contributed by atoms with Crippen LogP contribution in [-0.4, -0.2) is 52.5 Å². The summed E-state index contributed by atoms with van der Waals surface area (Å²) in [6.07, 6.45) is 1.46. The van der Waals surface area contributed by atoms with Crippen LogP contribution in [0.15, 0.2) is 66.2 Å². The van der Waals surface area contributed by atoms with Gasteiger partial charge in [0.1, 0.15) is 5.57 Å². The number of methoxy groups -OCH3 is 1. The largest absolute Gasteiger partial charge is 0.383 e. The van der Waals surface area contributed by atoms with Gasteiger partial charge in [0.05, 0.1) is 29.4 Å². The second-order valence-corrected chi connectivity index (χ2v) is 8.21. The molecule has 0 atom stereocenters. The standard InChI is InChI=1S/C26H24N4O6/c1-17-14-19(18(2)28(17)21-10-7-11-22(16-21)30(34)35)15-23-24(31)27(12-13-36-3)26(33)29(25(23)32)20-8-5-4-6-9-20/h4-11,14-16H,12-13H2,1-3H3/b23-15-. The van der Waals surface area contributed by atoms with Crippen molar-refractivity contribution < 1.29 is 24.0 Å². The summed E-state index contributed by atoms with van der Waals surface area (Å²) < 4.78 is 6.86. The number of hydrogen-bond donors (Lipinski definition) is 0. The molecule has 3 aromatic rings. The average molecular weight is 489 g/mol. The molecule has 184 valence electrons. The van der Waals surface area contributed by atoms with Gasteiger partial charge in [0.25, 0.3) is 17.5 Å². The highest BCUT2D eigenvalue weighted by Gasteiger charge is 2.42. The quantitative estimate of drug-likeness (QED) is 0.215. The molecular formula is C26H24N4O6. The average Bonchev–Trinajstić information content (AvgIpc) is 3.15.